The Morgan fingerprint density at radius 3 is 2.40 bits per heavy atom. The number of anilines is 1. The summed E-state index contributed by atoms with van der Waals surface area (Å²) in [5, 5.41) is 3.41. The van der Waals surface area contributed by atoms with Gasteiger partial charge >= 0.3 is 0 Å². The lowest BCUT2D eigenvalue weighted by Gasteiger charge is -2.08. The number of amides is 1. The maximum atomic E-state index is 12.0. The summed E-state index contributed by atoms with van der Waals surface area (Å²) < 4.78 is 10.9. The molecule has 0 aliphatic carbocycles. The summed E-state index contributed by atoms with van der Waals surface area (Å²) in [5.41, 5.74) is 2.43. The lowest BCUT2D eigenvalue weighted by atomic mass is 10.1. The highest BCUT2D eigenvalue weighted by molar-refractivity contribution is 6.30. The summed E-state index contributed by atoms with van der Waals surface area (Å²) in [6.45, 7) is 3.61. The van der Waals surface area contributed by atoms with Gasteiger partial charge in [-0.2, -0.15) is 0 Å². The number of nitrogens with zero attached hydrogens (tertiary/aromatic N) is 1. The summed E-state index contributed by atoms with van der Waals surface area (Å²) in [6.07, 6.45) is 0. The van der Waals surface area contributed by atoms with Crippen LogP contribution in [-0.2, 0) is 4.79 Å². The van der Waals surface area contributed by atoms with E-state index >= 15 is 0 Å². The van der Waals surface area contributed by atoms with E-state index < -0.39 is 0 Å². The number of hydrogen-bond acceptors (Lipinski definition) is 4. The van der Waals surface area contributed by atoms with E-state index in [-0.39, 0.29) is 12.5 Å². The van der Waals surface area contributed by atoms with E-state index in [0.29, 0.717) is 22.4 Å². The molecule has 1 heterocycles. The monoisotopic (exact) mass is 356 g/mol. The number of oxazole rings is 1. The van der Waals surface area contributed by atoms with Crippen molar-refractivity contribution >= 4 is 23.2 Å². The molecule has 1 aromatic heterocycles. The molecule has 6 heteroatoms. The van der Waals surface area contributed by atoms with Crippen LogP contribution in [0.5, 0.6) is 5.75 Å². The molecule has 1 N–H and O–H groups in total. The predicted molar refractivity (Wildman–Crippen MR) is 97.0 cm³/mol. The minimum atomic E-state index is -0.240. The first-order chi connectivity index (χ1) is 12.0. The third kappa shape index (κ3) is 4.39. The molecule has 0 saturated heterocycles. The van der Waals surface area contributed by atoms with Gasteiger partial charge in [0.1, 0.15) is 17.2 Å². The van der Waals surface area contributed by atoms with Gasteiger partial charge in [0.15, 0.2) is 12.5 Å². The minimum Gasteiger partial charge on any atom is -0.484 e. The summed E-state index contributed by atoms with van der Waals surface area (Å²) in [4.78, 5) is 16.3. The highest BCUT2D eigenvalue weighted by Crippen LogP contribution is 2.24. The molecular formula is C19H17ClN2O3. The van der Waals surface area contributed by atoms with Crippen LogP contribution in [0.3, 0.4) is 0 Å². The molecule has 0 fully saturated rings. The summed E-state index contributed by atoms with van der Waals surface area (Å²) in [5.74, 6) is 1.75. The van der Waals surface area contributed by atoms with Gasteiger partial charge in [0, 0.05) is 23.2 Å². The van der Waals surface area contributed by atoms with Crippen molar-refractivity contribution in [2.45, 2.75) is 13.8 Å². The normalized spacial score (nSPS) is 10.5. The molecule has 0 unspecified atom stereocenters. The van der Waals surface area contributed by atoms with E-state index in [1.807, 2.05) is 38.1 Å². The number of nitrogens with one attached hydrogen (secondary N) is 1. The van der Waals surface area contributed by atoms with Crippen molar-refractivity contribution in [1.82, 2.24) is 4.98 Å². The van der Waals surface area contributed by atoms with Crippen molar-refractivity contribution in [2.24, 2.45) is 0 Å². The molecule has 128 valence electrons. The van der Waals surface area contributed by atoms with Crippen molar-refractivity contribution in [2.75, 3.05) is 11.9 Å². The Labute approximate surface area is 150 Å². The Hall–Kier alpha value is -2.79. The Kier molecular flexibility index (Phi) is 5.05. The second-order valence-electron chi connectivity index (χ2n) is 5.51. The molecule has 0 saturated carbocycles. The van der Waals surface area contributed by atoms with E-state index in [9.17, 15) is 4.79 Å². The van der Waals surface area contributed by atoms with Crippen LogP contribution in [0.2, 0.25) is 5.02 Å². The number of rotatable bonds is 5. The smallest absolute Gasteiger partial charge is 0.262 e. The highest BCUT2D eigenvalue weighted by atomic mass is 35.5. The van der Waals surface area contributed by atoms with Crippen molar-refractivity contribution in [3.8, 4) is 17.0 Å². The van der Waals surface area contributed by atoms with Gasteiger partial charge in [0.05, 0.1) is 0 Å². The molecule has 1 amide bonds. The lowest BCUT2D eigenvalue weighted by molar-refractivity contribution is -0.118. The van der Waals surface area contributed by atoms with Crippen molar-refractivity contribution in [3.63, 3.8) is 0 Å². The molecule has 3 aromatic rings. The Morgan fingerprint density at radius 1 is 1.12 bits per heavy atom. The van der Waals surface area contributed by atoms with Crippen LogP contribution >= 0.6 is 11.6 Å². The van der Waals surface area contributed by atoms with Gasteiger partial charge in [-0.15, -0.1) is 0 Å². The quantitative estimate of drug-likeness (QED) is 0.723. The first kappa shape index (κ1) is 17.0. The predicted octanol–water partition coefficient (Wildman–Crippen LogP) is 4.63. The number of carbonyl (C=O) groups is 1. The van der Waals surface area contributed by atoms with Gasteiger partial charge in [-0.05, 0) is 43.3 Å². The first-order valence-electron chi connectivity index (χ1n) is 7.74. The van der Waals surface area contributed by atoms with Gasteiger partial charge in [0.25, 0.3) is 5.91 Å². The van der Waals surface area contributed by atoms with Gasteiger partial charge in [-0.25, -0.2) is 4.98 Å². The van der Waals surface area contributed by atoms with E-state index in [1.165, 1.54) is 0 Å². The summed E-state index contributed by atoms with van der Waals surface area (Å²) in [6, 6.07) is 14.3. The number of aryl methyl sites for hydroxylation is 2. The molecule has 0 radical (unpaired) electrons. The molecule has 5 nitrogen and oxygen atoms in total. The average molecular weight is 357 g/mol. The minimum absolute atomic E-state index is 0.0784. The molecular weight excluding hydrogens is 340 g/mol. The molecule has 0 aliphatic heterocycles. The maximum absolute atomic E-state index is 12.0. The standard InChI is InChI=1S/C19H17ClN2O3/c1-12-19(21-13(2)25-12)14-3-7-16(8-4-14)22-18(23)11-24-17-9-5-15(20)6-10-17/h3-10H,11H2,1-2H3,(H,22,23). The van der Waals surface area contributed by atoms with E-state index in [2.05, 4.69) is 10.3 Å². The van der Waals surface area contributed by atoms with Crippen molar-refractivity contribution in [1.29, 1.82) is 0 Å². The number of halogens is 1. The number of benzene rings is 2. The molecule has 0 atom stereocenters. The van der Waals surface area contributed by atoms with Crippen molar-refractivity contribution in [3.05, 3.63) is 65.2 Å². The van der Waals surface area contributed by atoms with Crippen LogP contribution in [0.1, 0.15) is 11.7 Å². The average Bonchev–Trinajstić information content (AvgIpc) is 2.93. The van der Waals surface area contributed by atoms with Crippen LogP contribution in [0, 0.1) is 13.8 Å². The van der Waals surface area contributed by atoms with Gasteiger partial charge in [-0.1, -0.05) is 23.7 Å². The van der Waals surface area contributed by atoms with Crippen molar-refractivity contribution < 1.29 is 13.9 Å². The first-order valence-corrected chi connectivity index (χ1v) is 8.12. The molecule has 2 aromatic carbocycles. The fourth-order valence-electron chi connectivity index (χ4n) is 2.38. The Morgan fingerprint density at radius 2 is 1.80 bits per heavy atom. The van der Waals surface area contributed by atoms with Crippen LogP contribution in [0.4, 0.5) is 5.69 Å². The fraction of sp³-hybridized carbons (Fsp3) is 0.158. The number of ether oxygens (including phenoxy) is 1. The molecule has 3 rings (SSSR count). The third-order valence-corrected chi connectivity index (χ3v) is 3.78. The van der Waals surface area contributed by atoms with Crippen LogP contribution in [0.25, 0.3) is 11.3 Å². The highest BCUT2D eigenvalue weighted by Gasteiger charge is 2.10. The summed E-state index contributed by atoms with van der Waals surface area (Å²) in [7, 11) is 0. The largest absolute Gasteiger partial charge is 0.484 e. The molecule has 25 heavy (non-hydrogen) atoms. The second-order valence-corrected chi connectivity index (χ2v) is 5.94. The fourth-order valence-corrected chi connectivity index (χ4v) is 2.51. The second kappa shape index (κ2) is 7.40. The zero-order chi connectivity index (χ0) is 17.8. The van der Waals surface area contributed by atoms with E-state index in [0.717, 1.165) is 17.0 Å². The van der Waals surface area contributed by atoms with E-state index in [4.69, 9.17) is 20.8 Å². The molecule has 0 spiro atoms. The number of aromatic nitrogens is 1. The molecule has 0 aliphatic rings. The van der Waals surface area contributed by atoms with E-state index in [1.54, 1.807) is 24.3 Å². The number of hydrogen-bond donors (Lipinski definition) is 1. The van der Waals surface area contributed by atoms with Gasteiger partial charge in [-0.3, -0.25) is 4.79 Å². The number of carbonyl (C=O) groups excluding carboxylic acids is 1. The van der Waals surface area contributed by atoms with Gasteiger partial charge < -0.3 is 14.5 Å². The SMILES string of the molecule is Cc1nc(-c2ccc(NC(=O)COc3ccc(Cl)cc3)cc2)c(C)o1. The topological polar surface area (TPSA) is 64.4 Å². The zero-order valence-electron chi connectivity index (χ0n) is 13.9. The Bertz CT molecular complexity index is 871. The van der Waals surface area contributed by atoms with Crippen LogP contribution < -0.4 is 10.1 Å². The summed E-state index contributed by atoms with van der Waals surface area (Å²) >= 11 is 5.80. The third-order valence-electron chi connectivity index (χ3n) is 3.53. The zero-order valence-corrected chi connectivity index (χ0v) is 14.6. The maximum Gasteiger partial charge on any atom is 0.262 e. The lowest BCUT2D eigenvalue weighted by Crippen LogP contribution is -2.20. The Balaban J connectivity index is 1.58. The molecule has 0 bridgehead atoms. The van der Waals surface area contributed by atoms with Crippen LogP contribution in [-0.4, -0.2) is 17.5 Å². The van der Waals surface area contributed by atoms with Crippen LogP contribution in [0.15, 0.2) is 52.9 Å². The van der Waals surface area contributed by atoms with Gasteiger partial charge in [0.2, 0.25) is 0 Å².